The predicted octanol–water partition coefficient (Wildman–Crippen LogP) is 1.56. The molecule has 16 heavy (non-hydrogen) atoms. The van der Waals surface area contributed by atoms with E-state index in [0.29, 0.717) is 18.2 Å². The minimum Gasteiger partial charge on any atom is -0.504 e. The molecule has 0 saturated carbocycles. The molecule has 0 aliphatic carbocycles. The van der Waals surface area contributed by atoms with Crippen LogP contribution in [0.1, 0.15) is 0 Å². The Labute approximate surface area is 93.3 Å². The van der Waals surface area contributed by atoms with Crippen LogP contribution in [0.25, 0.3) is 0 Å². The third kappa shape index (κ3) is 2.32. The maximum atomic E-state index is 9.52. The summed E-state index contributed by atoms with van der Waals surface area (Å²) in [6.45, 7) is 0.615. The molecule has 2 rings (SSSR count). The lowest BCUT2D eigenvalue weighted by molar-refractivity contribution is 0.410. The van der Waals surface area contributed by atoms with E-state index in [1.165, 1.54) is 0 Å². The Morgan fingerprint density at radius 3 is 3.00 bits per heavy atom. The third-order valence-electron chi connectivity index (χ3n) is 2.02. The zero-order valence-electron chi connectivity index (χ0n) is 8.92. The number of para-hydroxylation sites is 2. The van der Waals surface area contributed by atoms with Gasteiger partial charge in [0.1, 0.15) is 0 Å². The van der Waals surface area contributed by atoms with Crippen molar-refractivity contribution in [3.05, 3.63) is 36.7 Å². The van der Waals surface area contributed by atoms with E-state index >= 15 is 0 Å². The standard InChI is InChI=1S/C11H13N3O2/c1-12-8-14-7-9(6-13-14)16-11-5-3-2-4-10(11)15/h2-7,12,15H,8H2,1H3. The van der Waals surface area contributed by atoms with Crippen LogP contribution in [0.4, 0.5) is 0 Å². The van der Waals surface area contributed by atoms with Gasteiger partial charge in [-0.25, -0.2) is 0 Å². The van der Waals surface area contributed by atoms with Crippen molar-refractivity contribution in [1.82, 2.24) is 15.1 Å². The van der Waals surface area contributed by atoms with E-state index in [1.54, 1.807) is 41.3 Å². The topological polar surface area (TPSA) is 59.3 Å². The van der Waals surface area contributed by atoms with Crippen LogP contribution in [0.15, 0.2) is 36.7 Å². The molecule has 0 aliphatic rings. The van der Waals surface area contributed by atoms with Crippen molar-refractivity contribution in [3.8, 4) is 17.2 Å². The fraction of sp³-hybridized carbons (Fsp3) is 0.182. The average molecular weight is 219 g/mol. The molecular formula is C11H13N3O2. The minimum atomic E-state index is 0.115. The molecule has 84 valence electrons. The fourth-order valence-corrected chi connectivity index (χ4v) is 1.32. The van der Waals surface area contributed by atoms with Crippen LogP contribution in [-0.4, -0.2) is 21.9 Å². The van der Waals surface area contributed by atoms with Gasteiger partial charge in [-0.3, -0.25) is 4.68 Å². The van der Waals surface area contributed by atoms with Crippen molar-refractivity contribution < 1.29 is 9.84 Å². The molecule has 1 aromatic heterocycles. The average Bonchev–Trinajstić information content (AvgIpc) is 2.70. The number of ether oxygens (including phenoxy) is 1. The van der Waals surface area contributed by atoms with E-state index in [9.17, 15) is 5.11 Å². The summed E-state index contributed by atoms with van der Waals surface area (Å²) < 4.78 is 7.18. The highest BCUT2D eigenvalue weighted by Crippen LogP contribution is 2.29. The number of rotatable bonds is 4. The van der Waals surface area contributed by atoms with E-state index in [4.69, 9.17) is 4.74 Å². The smallest absolute Gasteiger partial charge is 0.169 e. The molecule has 2 aromatic rings. The van der Waals surface area contributed by atoms with Gasteiger partial charge in [-0.05, 0) is 19.2 Å². The Kier molecular flexibility index (Phi) is 3.07. The number of phenols is 1. The molecule has 0 atom stereocenters. The van der Waals surface area contributed by atoms with Crippen molar-refractivity contribution >= 4 is 0 Å². The summed E-state index contributed by atoms with van der Waals surface area (Å²) in [5.41, 5.74) is 0. The van der Waals surface area contributed by atoms with Crippen LogP contribution in [0, 0.1) is 0 Å². The van der Waals surface area contributed by atoms with E-state index in [-0.39, 0.29) is 5.75 Å². The van der Waals surface area contributed by atoms with Gasteiger partial charge in [0, 0.05) is 0 Å². The molecule has 5 heteroatoms. The summed E-state index contributed by atoms with van der Waals surface area (Å²) in [5, 5.41) is 16.6. The second-order valence-electron chi connectivity index (χ2n) is 3.30. The number of aromatic nitrogens is 2. The maximum Gasteiger partial charge on any atom is 0.169 e. The van der Waals surface area contributed by atoms with Crippen LogP contribution in [0.3, 0.4) is 0 Å². The molecule has 0 unspecified atom stereocenters. The summed E-state index contributed by atoms with van der Waals surface area (Å²) in [6, 6.07) is 6.82. The zero-order valence-corrected chi connectivity index (χ0v) is 8.92. The van der Waals surface area contributed by atoms with Crippen molar-refractivity contribution in [2.24, 2.45) is 0 Å². The first-order valence-electron chi connectivity index (χ1n) is 4.92. The zero-order chi connectivity index (χ0) is 11.4. The minimum absolute atomic E-state index is 0.115. The van der Waals surface area contributed by atoms with E-state index < -0.39 is 0 Å². The monoisotopic (exact) mass is 219 g/mol. The summed E-state index contributed by atoms with van der Waals surface area (Å²) in [4.78, 5) is 0. The third-order valence-corrected chi connectivity index (χ3v) is 2.02. The van der Waals surface area contributed by atoms with Gasteiger partial charge in [0.2, 0.25) is 0 Å². The number of hydrogen-bond acceptors (Lipinski definition) is 4. The molecule has 0 spiro atoms. The summed E-state index contributed by atoms with van der Waals surface area (Å²) in [6.07, 6.45) is 3.35. The summed E-state index contributed by atoms with van der Waals surface area (Å²) in [7, 11) is 1.84. The molecule has 1 aromatic carbocycles. The molecule has 0 amide bonds. The van der Waals surface area contributed by atoms with Crippen LogP contribution in [0.5, 0.6) is 17.2 Å². The molecule has 0 fully saturated rings. The number of aromatic hydroxyl groups is 1. The summed E-state index contributed by atoms with van der Waals surface area (Å²) in [5.74, 6) is 1.13. The lowest BCUT2D eigenvalue weighted by Crippen LogP contribution is -2.12. The Balaban J connectivity index is 2.11. The number of phenolic OH excluding ortho intramolecular Hbond substituents is 1. The molecule has 5 nitrogen and oxygen atoms in total. The Bertz CT molecular complexity index is 468. The van der Waals surface area contributed by atoms with Crippen molar-refractivity contribution in [1.29, 1.82) is 0 Å². The van der Waals surface area contributed by atoms with Gasteiger partial charge in [-0.15, -0.1) is 0 Å². The number of nitrogens with zero attached hydrogens (tertiary/aromatic N) is 2. The second-order valence-corrected chi connectivity index (χ2v) is 3.30. The highest BCUT2D eigenvalue weighted by molar-refractivity contribution is 5.40. The maximum absolute atomic E-state index is 9.52. The highest BCUT2D eigenvalue weighted by atomic mass is 16.5. The molecule has 0 saturated heterocycles. The van der Waals surface area contributed by atoms with Gasteiger partial charge >= 0.3 is 0 Å². The molecule has 0 radical (unpaired) electrons. The van der Waals surface area contributed by atoms with E-state index in [0.717, 1.165) is 0 Å². The van der Waals surface area contributed by atoms with Gasteiger partial charge in [-0.2, -0.15) is 5.10 Å². The Morgan fingerprint density at radius 1 is 1.44 bits per heavy atom. The Morgan fingerprint density at radius 2 is 2.25 bits per heavy atom. The molecule has 0 bridgehead atoms. The van der Waals surface area contributed by atoms with Gasteiger partial charge in [-0.1, -0.05) is 12.1 Å². The van der Waals surface area contributed by atoms with Crippen LogP contribution in [-0.2, 0) is 6.67 Å². The van der Waals surface area contributed by atoms with Crippen LogP contribution < -0.4 is 10.1 Å². The van der Waals surface area contributed by atoms with E-state index in [2.05, 4.69) is 10.4 Å². The van der Waals surface area contributed by atoms with Crippen molar-refractivity contribution in [2.45, 2.75) is 6.67 Å². The van der Waals surface area contributed by atoms with Crippen molar-refractivity contribution in [3.63, 3.8) is 0 Å². The number of nitrogens with one attached hydrogen (secondary N) is 1. The van der Waals surface area contributed by atoms with E-state index in [1.807, 2.05) is 7.05 Å². The molecular weight excluding hydrogens is 206 g/mol. The second kappa shape index (κ2) is 4.67. The van der Waals surface area contributed by atoms with Gasteiger partial charge in [0.05, 0.1) is 19.1 Å². The quantitative estimate of drug-likeness (QED) is 0.819. The van der Waals surface area contributed by atoms with Crippen LogP contribution in [0.2, 0.25) is 0 Å². The van der Waals surface area contributed by atoms with Gasteiger partial charge < -0.3 is 15.2 Å². The lowest BCUT2D eigenvalue weighted by Gasteiger charge is -2.04. The van der Waals surface area contributed by atoms with Gasteiger partial charge in [0.25, 0.3) is 0 Å². The first kappa shape index (κ1) is 10.5. The lowest BCUT2D eigenvalue weighted by atomic mass is 10.3. The van der Waals surface area contributed by atoms with Crippen LogP contribution >= 0.6 is 0 Å². The number of benzene rings is 1. The largest absolute Gasteiger partial charge is 0.504 e. The fourth-order valence-electron chi connectivity index (χ4n) is 1.32. The molecule has 0 aliphatic heterocycles. The normalized spacial score (nSPS) is 10.3. The van der Waals surface area contributed by atoms with Gasteiger partial charge in [0.15, 0.2) is 17.2 Å². The Hall–Kier alpha value is -2.01. The summed E-state index contributed by atoms with van der Waals surface area (Å²) >= 11 is 0. The first-order chi connectivity index (χ1) is 7.79. The van der Waals surface area contributed by atoms with Crippen molar-refractivity contribution in [2.75, 3.05) is 7.05 Å². The number of hydrogen-bond donors (Lipinski definition) is 2. The predicted molar refractivity (Wildman–Crippen MR) is 59.5 cm³/mol. The SMILES string of the molecule is CNCn1cc(Oc2ccccc2O)cn1. The first-order valence-corrected chi connectivity index (χ1v) is 4.92. The molecule has 1 heterocycles. The molecule has 2 N–H and O–H groups in total. The highest BCUT2D eigenvalue weighted by Gasteiger charge is 2.04.